The van der Waals surface area contributed by atoms with Gasteiger partial charge in [0.15, 0.2) is 0 Å². The molecule has 0 saturated carbocycles. The predicted molar refractivity (Wildman–Crippen MR) is 131 cm³/mol. The molecule has 0 radical (unpaired) electrons. The van der Waals surface area contributed by atoms with Gasteiger partial charge in [-0.2, -0.15) is 4.98 Å². The van der Waals surface area contributed by atoms with Crippen molar-refractivity contribution in [2.45, 2.75) is 51.3 Å². The van der Waals surface area contributed by atoms with Crippen LogP contribution in [0.4, 0.5) is 4.39 Å². The van der Waals surface area contributed by atoms with E-state index in [0.717, 1.165) is 43.0 Å². The number of nitrogens with one attached hydrogen (secondary N) is 1. The second kappa shape index (κ2) is 9.89. The van der Waals surface area contributed by atoms with Crippen LogP contribution in [-0.4, -0.2) is 46.7 Å². The summed E-state index contributed by atoms with van der Waals surface area (Å²) in [6, 6.07) is 11.6. The molecule has 0 aliphatic carbocycles. The molecule has 2 aromatic carbocycles. The molecule has 1 unspecified atom stereocenters. The smallest absolute Gasteiger partial charge is 0.241 e. The fourth-order valence-electron chi connectivity index (χ4n) is 4.96. The van der Waals surface area contributed by atoms with Gasteiger partial charge in [0.2, 0.25) is 17.6 Å². The maximum Gasteiger partial charge on any atom is 0.241 e. The number of ether oxygens (including phenoxy) is 2. The average Bonchev–Trinajstić information content (AvgIpc) is 3.32. The zero-order chi connectivity index (χ0) is 25.3. The Morgan fingerprint density at radius 3 is 2.67 bits per heavy atom. The second-order valence-corrected chi connectivity index (χ2v) is 10.1. The molecule has 3 heterocycles. The number of nitrogens with zero attached hydrogens (tertiary/aromatic N) is 3. The Morgan fingerprint density at radius 1 is 1.19 bits per heavy atom. The van der Waals surface area contributed by atoms with Crippen LogP contribution < -0.4 is 14.8 Å². The van der Waals surface area contributed by atoms with E-state index in [0.29, 0.717) is 30.2 Å². The van der Waals surface area contributed by atoms with Crippen LogP contribution in [0.25, 0.3) is 11.4 Å². The lowest BCUT2D eigenvalue weighted by molar-refractivity contribution is -0.127. The summed E-state index contributed by atoms with van der Waals surface area (Å²) < 4.78 is 30.0. The third-order valence-electron chi connectivity index (χ3n) is 6.88. The number of methoxy groups -OCH3 is 1. The molecule has 5 rings (SSSR count). The van der Waals surface area contributed by atoms with Crippen LogP contribution in [0.15, 0.2) is 47.0 Å². The zero-order valence-electron chi connectivity index (χ0n) is 20.8. The molecular weight excluding hydrogens is 463 g/mol. The number of rotatable bonds is 6. The van der Waals surface area contributed by atoms with E-state index in [2.05, 4.69) is 20.4 Å². The Hall–Kier alpha value is -3.46. The summed E-state index contributed by atoms with van der Waals surface area (Å²) in [5.41, 5.74) is 1.30. The summed E-state index contributed by atoms with van der Waals surface area (Å²) >= 11 is 0. The van der Waals surface area contributed by atoms with Crippen LogP contribution in [0.5, 0.6) is 11.5 Å². The van der Waals surface area contributed by atoms with Crippen molar-refractivity contribution in [3.63, 3.8) is 0 Å². The summed E-state index contributed by atoms with van der Waals surface area (Å²) in [7, 11) is 1.63. The molecule has 1 atom stereocenters. The summed E-state index contributed by atoms with van der Waals surface area (Å²) in [4.78, 5) is 19.9. The van der Waals surface area contributed by atoms with Crippen molar-refractivity contribution in [2.24, 2.45) is 5.92 Å². The normalized spacial score (nSPS) is 19.8. The van der Waals surface area contributed by atoms with E-state index in [1.807, 2.05) is 32.0 Å². The van der Waals surface area contributed by atoms with Crippen LogP contribution >= 0.6 is 0 Å². The number of likely N-dealkylation sites (tertiary alicyclic amines) is 1. The first kappa shape index (κ1) is 24.2. The number of fused-ring (bicyclic) bond motifs is 1. The number of amides is 1. The average molecular weight is 495 g/mol. The first-order valence-corrected chi connectivity index (χ1v) is 12.3. The van der Waals surface area contributed by atoms with Gasteiger partial charge >= 0.3 is 0 Å². The minimum atomic E-state index is -0.391. The van der Waals surface area contributed by atoms with Gasteiger partial charge in [-0.3, -0.25) is 9.69 Å². The van der Waals surface area contributed by atoms with E-state index in [4.69, 9.17) is 14.0 Å². The molecule has 8 nitrogen and oxygen atoms in total. The maximum absolute atomic E-state index is 13.2. The number of hydrogen-bond acceptors (Lipinski definition) is 7. The molecule has 9 heteroatoms. The standard InChI is InChI=1S/C27H31FN4O4/c1-27(2)15-22(21-9-8-20(34-3)14-23(21)35-27)29-26(33)18-10-12-32(13-11-18)16-24-30-25(31-36-24)17-4-6-19(28)7-5-17/h4-9,14,18,22H,10-13,15-16H2,1-3H3,(H,29,33). The second-order valence-electron chi connectivity index (χ2n) is 10.1. The van der Waals surface area contributed by atoms with Crippen LogP contribution in [0.2, 0.25) is 0 Å². The number of halogens is 1. The van der Waals surface area contributed by atoms with Crippen molar-refractivity contribution in [3.05, 3.63) is 59.7 Å². The first-order valence-electron chi connectivity index (χ1n) is 12.3. The molecule has 36 heavy (non-hydrogen) atoms. The van der Waals surface area contributed by atoms with Gasteiger partial charge < -0.3 is 19.3 Å². The van der Waals surface area contributed by atoms with E-state index in [9.17, 15) is 9.18 Å². The Balaban J connectivity index is 1.16. The molecule has 0 spiro atoms. The van der Waals surface area contributed by atoms with Gasteiger partial charge in [0, 0.05) is 29.5 Å². The van der Waals surface area contributed by atoms with E-state index in [1.54, 1.807) is 19.2 Å². The van der Waals surface area contributed by atoms with Gasteiger partial charge in [-0.1, -0.05) is 5.16 Å². The Morgan fingerprint density at radius 2 is 1.94 bits per heavy atom. The van der Waals surface area contributed by atoms with Crippen molar-refractivity contribution in [1.29, 1.82) is 0 Å². The molecule has 1 fully saturated rings. The van der Waals surface area contributed by atoms with Crippen molar-refractivity contribution < 1.29 is 23.2 Å². The minimum absolute atomic E-state index is 0.0497. The van der Waals surface area contributed by atoms with Gasteiger partial charge in [0.25, 0.3) is 0 Å². The monoisotopic (exact) mass is 494 g/mol. The SMILES string of the molecule is COc1ccc2c(c1)OC(C)(C)CC2NC(=O)C1CCN(Cc2nc(-c3ccc(F)cc3)no2)CC1. The predicted octanol–water partition coefficient (Wildman–Crippen LogP) is 4.51. The Bertz CT molecular complexity index is 1220. The van der Waals surface area contributed by atoms with Gasteiger partial charge in [0.1, 0.15) is 22.9 Å². The van der Waals surface area contributed by atoms with Crippen molar-refractivity contribution in [2.75, 3.05) is 20.2 Å². The minimum Gasteiger partial charge on any atom is -0.497 e. The maximum atomic E-state index is 13.2. The lowest BCUT2D eigenvalue weighted by Gasteiger charge is -2.39. The highest BCUT2D eigenvalue weighted by Gasteiger charge is 2.36. The summed E-state index contributed by atoms with van der Waals surface area (Å²) in [5.74, 6) is 2.16. The third kappa shape index (κ3) is 5.36. The number of carbonyl (C=O) groups excluding carboxylic acids is 1. The number of piperidine rings is 1. The molecule has 1 saturated heterocycles. The van der Waals surface area contributed by atoms with Crippen molar-refractivity contribution >= 4 is 5.91 Å². The molecule has 1 aromatic heterocycles. The van der Waals surface area contributed by atoms with Crippen LogP contribution in [0.3, 0.4) is 0 Å². The van der Waals surface area contributed by atoms with Crippen LogP contribution in [-0.2, 0) is 11.3 Å². The quantitative estimate of drug-likeness (QED) is 0.539. The van der Waals surface area contributed by atoms with Gasteiger partial charge in [-0.15, -0.1) is 0 Å². The number of hydrogen-bond donors (Lipinski definition) is 1. The largest absolute Gasteiger partial charge is 0.497 e. The van der Waals surface area contributed by atoms with Crippen LogP contribution in [0, 0.1) is 11.7 Å². The summed E-state index contributed by atoms with van der Waals surface area (Å²) in [6.07, 6.45) is 2.21. The van der Waals surface area contributed by atoms with E-state index in [-0.39, 0.29) is 23.7 Å². The van der Waals surface area contributed by atoms with Gasteiger partial charge in [0.05, 0.1) is 19.7 Å². The van der Waals surface area contributed by atoms with Gasteiger partial charge in [-0.05, 0) is 76.2 Å². The molecule has 2 aliphatic rings. The molecule has 3 aromatic rings. The molecule has 1 N–H and O–H groups in total. The van der Waals surface area contributed by atoms with E-state index in [1.165, 1.54) is 12.1 Å². The van der Waals surface area contributed by atoms with Gasteiger partial charge in [-0.25, -0.2) is 4.39 Å². The molecular formula is C27H31FN4O4. The zero-order valence-corrected chi connectivity index (χ0v) is 20.8. The van der Waals surface area contributed by atoms with E-state index < -0.39 is 5.60 Å². The summed E-state index contributed by atoms with van der Waals surface area (Å²) in [5, 5.41) is 7.30. The first-order chi connectivity index (χ1) is 17.3. The highest BCUT2D eigenvalue weighted by Crippen LogP contribution is 2.41. The van der Waals surface area contributed by atoms with Crippen molar-refractivity contribution in [1.82, 2.24) is 20.4 Å². The fraction of sp³-hybridized carbons (Fsp3) is 0.444. The van der Waals surface area contributed by atoms with Crippen LogP contribution in [0.1, 0.15) is 50.6 Å². The number of aromatic nitrogens is 2. The van der Waals surface area contributed by atoms with E-state index >= 15 is 0 Å². The Labute approximate surface area is 209 Å². The third-order valence-corrected chi connectivity index (χ3v) is 6.88. The highest BCUT2D eigenvalue weighted by atomic mass is 19.1. The number of carbonyl (C=O) groups is 1. The molecule has 0 bridgehead atoms. The fourth-order valence-corrected chi connectivity index (χ4v) is 4.96. The highest BCUT2D eigenvalue weighted by molar-refractivity contribution is 5.79. The van der Waals surface area contributed by atoms with Crippen molar-refractivity contribution in [3.8, 4) is 22.9 Å². The lowest BCUT2D eigenvalue weighted by atomic mass is 9.88. The Kier molecular flexibility index (Phi) is 6.66. The molecule has 1 amide bonds. The summed E-state index contributed by atoms with van der Waals surface area (Å²) in [6.45, 7) is 6.11. The lowest BCUT2D eigenvalue weighted by Crippen LogP contribution is -2.45. The molecule has 2 aliphatic heterocycles. The molecule has 190 valence electrons. The number of benzene rings is 2. The topological polar surface area (TPSA) is 89.7 Å².